The molecule has 1 aromatic heterocycles. The normalized spacial score (nSPS) is 11.9. The van der Waals surface area contributed by atoms with Crippen molar-refractivity contribution in [1.29, 1.82) is 0 Å². The molecule has 0 saturated heterocycles. The maximum atomic E-state index is 12.0. The molecule has 0 bridgehead atoms. The zero-order chi connectivity index (χ0) is 19.3. The van der Waals surface area contributed by atoms with E-state index in [-0.39, 0.29) is 12.5 Å². The van der Waals surface area contributed by atoms with Crippen molar-refractivity contribution in [2.75, 3.05) is 17.9 Å². The highest BCUT2D eigenvalue weighted by molar-refractivity contribution is 8.01. The Morgan fingerprint density at radius 2 is 1.89 bits per heavy atom. The summed E-state index contributed by atoms with van der Waals surface area (Å²) in [5, 5.41) is 13.8. The van der Waals surface area contributed by atoms with Crippen LogP contribution in [0.5, 0.6) is 11.5 Å². The quantitative estimate of drug-likeness (QED) is 0.617. The van der Waals surface area contributed by atoms with Gasteiger partial charge in [0.2, 0.25) is 12.7 Å². The number of amides is 3. The van der Waals surface area contributed by atoms with E-state index in [1.54, 1.807) is 18.2 Å². The van der Waals surface area contributed by atoms with Crippen LogP contribution in [0.1, 0.15) is 0 Å². The number of carbonyl (C=O) groups is 2. The van der Waals surface area contributed by atoms with Gasteiger partial charge in [0.1, 0.15) is 5.01 Å². The summed E-state index contributed by atoms with van der Waals surface area (Å²) in [5.41, 5.74) is 1.47. The highest BCUT2D eigenvalue weighted by Gasteiger charge is 2.15. The first-order chi connectivity index (χ1) is 13.7. The van der Waals surface area contributed by atoms with Crippen molar-refractivity contribution in [2.24, 2.45) is 0 Å². The molecular weight excluding hydrogens is 400 g/mol. The zero-order valence-electron chi connectivity index (χ0n) is 14.4. The third-order valence-electron chi connectivity index (χ3n) is 3.64. The minimum Gasteiger partial charge on any atom is -0.454 e. The first-order valence-electron chi connectivity index (χ1n) is 8.19. The molecule has 3 aromatic rings. The van der Waals surface area contributed by atoms with Gasteiger partial charge in [-0.25, -0.2) is 4.79 Å². The van der Waals surface area contributed by atoms with Gasteiger partial charge < -0.3 is 14.8 Å². The summed E-state index contributed by atoms with van der Waals surface area (Å²) in [5.74, 6) is 0.785. The Kier molecular flexibility index (Phi) is 5.40. The van der Waals surface area contributed by atoms with Crippen LogP contribution in [-0.2, 0) is 4.79 Å². The number of thioether (sulfide) groups is 1. The van der Waals surface area contributed by atoms with Gasteiger partial charge in [-0.05, 0) is 12.1 Å². The number of fused-ring (bicyclic) bond motifs is 1. The molecule has 0 fully saturated rings. The van der Waals surface area contributed by atoms with E-state index in [9.17, 15) is 9.59 Å². The first-order valence-corrected chi connectivity index (χ1v) is 10.00. The molecule has 2 aromatic carbocycles. The summed E-state index contributed by atoms with van der Waals surface area (Å²) >= 11 is 2.62. The average Bonchev–Trinajstić information content (AvgIpc) is 3.36. The van der Waals surface area contributed by atoms with Crippen molar-refractivity contribution >= 4 is 40.7 Å². The Morgan fingerprint density at radius 1 is 1.07 bits per heavy atom. The summed E-state index contributed by atoms with van der Waals surface area (Å²) < 4.78 is 11.1. The number of hydrogen-bond acceptors (Lipinski definition) is 8. The number of rotatable bonds is 5. The van der Waals surface area contributed by atoms with Crippen molar-refractivity contribution < 1.29 is 19.1 Å². The van der Waals surface area contributed by atoms with Crippen LogP contribution in [0, 0.1) is 0 Å². The van der Waals surface area contributed by atoms with Crippen LogP contribution in [-0.4, -0.2) is 34.7 Å². The molecule has 0 saturated carbocycles. The number of nitrogens with one attached hydrogen (secondary N) is 2. The van der Waals surface area contributed by atoms with Gasteiger partial charge in [-0.1, -0.05) is 53.4 Å². The fraction of sp³-hybridized carbons (Fsp3) is 0.111. The zero-order valence-corrected chi connectivity index (χ0v) is 16.0. The van der Waals surface area contributed by atoms with Gasteiger partial charge in [0, 0.05) is 17.3 Å². The second-order valence-corrected chi connectivity index (χ2v) is 7.80. The van der Waals surface area contributed by atoms with Crippen molar-refractivity contribution in [2.45, 2.75) is 4.34 Å². The predicted octanol–water partition coefficient (Wildman–Crippen LogP) is 3.37. The third-order valence-corrected chi connectivity index (χ3v) is 5.74. The smallest absolute Gasteiger partial charge is 0.325 e. The topological polar surface area (TPSA) is 102 Å². The largest absolute Gasteiger partial charge is 0.454 e. The van der Waals surface area contributed by atoms with E-state index in [4.69, 9.17) is 9.47 Å². The minimum absolute atomic E-state index is 0.0536. The maximum absolute atomic E-state index is 12.0. The number of nitrogens with zero attached hydrogens (tertiary/aromatic N) is 2. The van der Waals surface area contributed by atoms with E-state index in [0.717, 1.165) is 10.6 Å². The van der Waals surface area contributed by atoms with Crippen molar-refractivity contribution in [3.8, 4) is 22.1 Å². The lowest BCUT2D eigenvalue weighted by molar-refractivity contribution is -0.117. The van der Waals surface area contributed by atoms with Gasteiger partial charge in [0.15, 0.2) is 15.8 Å². The molecule has 1 aliphatic rings. The second kappa shape index (κ2) is 8.28. The Morgan fingerprint density at radius 3 is 2.75 bits per heavy atom. The Labute approximate surface area is 168 Å². The van der Waals surface area contributed by atoms with Crippen LogP contribution in [0.25, 0.3) is 10.6 Å². The highest BCUT2D eigenvalue weighted by Crippen LogP contribution is 2.34. The van der Waals surface area contributed by atoms with Crippen LogP contribution >= 0.6 is 23.1 Å². The van der Waals surface area contributed by atoms with E-state index < -0.39 is 11.9 Å². The summed E-state index contributed by atoms with van der Waals surface area (Å²) in [6, 6.07) is 14.0. The fourth-order valence-corrected chi connectivity index (χ4v) is 4.05. The van der Waals surface area contributed by atoms with Crippen molar-refractivity contribution in [3.05, 3.63) is 48.5 Å². The third kappa shape index (κ3) is 4.41. The molecule has 0 atom stereocenters. The van der Waals surface area contributed by atoms with E-state index >= 15 is 0 Å². The number of urea groups is 1. The fourth-order valence-electron chi connectivity index (χ4n) is 2.39. The summed E-state index contributed by atoms with van der Waals surface area (Å²) in [4.78, 5) is 24.0. The molecule has 28 heavy (non-hydrogen) atoms. The molecule has 10 heteroatoms. The number of imide groups is 1. The predicted molar refractivity (Wildman–Crippen MR) is 106 cm³/mol. The molecule has 1 aliphatic heterocycles. The molecule has 0 spiro atoms. The standard InChI is InChI=1S/C18H14N4O4S2/c23-15(9-27-18-22-21-16(28-18)11-4-2-1-3-5-11)20-17(24)19-12-6-7-13-14(8-12)26-10-25-13/h1-8H,9-10H2,(H2,19,20,23,24). The molecule has 2 N–H and O–H groups in total. The summed E-state index contributed by atoms with van der Waals surface area (Å²) in [6.07, 6.45) is 0. The number of anilines is 1. The van der Waals surface area contributed by atoms with Gasteiger partial charge in [0.05, 0.1) is 5.75 Å². The highest BCUT2D eigenvalue weighted by atomic mass is 32.2. The number of carbonyl (C=O) groups excluding carboxylic acids is 2. The first kappa shape index (κ1) is 18.3. The molecule has 2 heterocycles. The molecular formula is C18H14N4O4S2. The van der Waals surface area contributed by atoms with E-state index in [1.165, 1.54) is 23.1 Å². The van der Waals surface area contributed by atoms with E-state index in [2.05, 4.69) is 20.8 Å². The minimum atomic E-state index is -0.619. The number of aromatic nitrogens is 2. The second-order valence-electron chi connectivity index (χ2n) is 5.60. The van der Waals surface area contributed by atoms with Crippen LogP contribution < -0.4 is 20.1 Å². The van der Waals surface area contributed by atoms with Crippen molar-refractivity contribution in [1.82, 2.24) is 15.5 Å². The molecule has 3 amide bonds. The lowest BCUT2D eigenvalue weighted by Crippen LogP contribution is -2.35. The average molecular weight is 414 g/mol. The molecule has 8 nitrogen and oxygen atoms in total. The van der Waals surface area contributed by atoms with Gasteiger partial charge in [-0.15, -0.1) is 10.2 Å². The summed E-state index contributed by atoms with van der Waals surface area (Å²) in [6.45, 7) is 0.151. The number of ether oxygens (including phenoxy) is 2. The van der Waals surface area contributed by atoms with Gasteiger partial charge in [0.25, 0.3) is 0 Å². The Balaban J connectivity index is 1.26. The molecule has 142 valence electrons. The number of hydrogen-bond donors (Lipinski definition) is 2. The number of benzene rings is 2. The molecule has 0 aliphatic carbocycles. The van der Waals surface area contributed by atoms with Gasteiger partial charge in [-0.3, -0.25) is 10.1 Å². The van der Waals surface area contributed by atoms with Crippen LogP contribution in [0.3, 0.4) is 0 Å². The lowest BCUT2D eigenvalue weighted by atomic mass is 10.2. The molecule has 0 unspecified atom stereocenters. The molecule has 0 radical (unpaired) electrons. The SMILES string of the molecule is O=C(CSc1nnc(-c2ccccc2)s1)NC(=O)Nc1ccc2c(c1)OCO2. The van der Waals surface area contributed by atoms with Crippen LogP contribution in [0.4, 0.5) is 10.5 Å². The Hall–Kier alpha value is -3.11. The summed E-state index contributed by atoms with van der Waals surface area (Å²) in [7, 11) is 0. The van der Waals surface area contributed by atoms with Crippen LogP contribution in [0.15, 0.2) is 52.9 Å². The van der Waals surface area contributed by atoms with Crippen LogP contribution in [0.2, 0.25) is 0 Å². The molecule has 4 rings (SSSR count). The monoisotopic (exact) mass is 414 g/mol. The maximum Gasteiger partial charge on any atom is 0.325 e. The van der Waals surface area contributed by atoms with Crippen molar-refractivity contribution in [3.63, 3.8) is 0 Å². The van der Waals surface area contributed by atoms with Gasteiger partial charge >= 0.3 is 6.03 Å². The lowest BCUT2D eigenvalue weighted by Gasteiger charge is -2.07. The van der Waals surface area contributed by atoms with E-state index in [0.29, 0.717) is 21.5 Å². The van der Waals surface area contributed by atoms with Gasteiger partial charge in [-0.2, -0.15) is 0 Å². The van der Waals surface area contributed by atoms with E-state index in [1.807, 2.05) is 30.3 Å². The Bertz CT molecular complexity index is 1010.